The first-order valence-corrected chi connectivity index (χ1v) is 22.5. The zero-order valence-corrected chi connectivity index (χ0v) is 35.9. The van der Waals surface area contributed by atoms with Gasteiger partial charge in [-0.2, -0.15) is 0 Å². The minimum atomic E-state index is 0.579. The zero-order valence-electron chi connectivity index (χ0n) is 30.3. The molecule has 1 nitrogen and oxygen atoms in total. The number of nitrogens with zero attached hydrogens (tertiary/aromatic N) is 1. The molecule has 0 unspecified atom stereocenters. The van der Waals surface area contributed by atoms with Crippen LogP contribution in [0, 0.1) is 30.2 Å². The Morgan fingerprint density at radius 1 is 0.480 bits per heavy atom. The predicted octanol–water partition coefficient (Wildman–Crippen LogP) is 16.4. The highest BCUT2D eigenvalue weighted by Gasteiger charge is 2.23. The first kappa shape index (κ1) is 37.4. The quantitative estimate of drug-likeness (QED) is 0.102. The third-order valence-electron chi connectivity index (χ3n) is 8.50. The average molecular weight is 817 g/mol. The second-order valence-corrected chi connectivity index (χ2v) is 21.6. The molecular formula is C43H46BrNS5. The van der Waals surface area contributed by atoms with Crippen LogP contribution in [0.2, 0.25) is 0 Å². The number of benzene rings is 1. The lowest BCUT2D eigenvalue weighted by molar-refractivity contribution is 0.647. The normalized spacial score (nSPS) is 11.9. The summed E-state index contributed by atoms with van der Waals surface area (Å²) in [5, 5.41) is 0. The van der Waals surface area contributed by atoms with Gasteiger partial charge in [0, 0.05) is 43.9 Å². The van der Waals surface area contributed by atoms with Crippen LogP contribution in [0.15, 0.2) is 64.5 Å². The highest BCUT2D eigenvalue weighted by molar-refractivity contribution is 9.11. The Morgan fingerprint density at radius 3 is 1.36 bits per heavy atom. The molecule has 0 fully saturated rings. The van der Waals surface area contributed by atoms with Gasteiger partial charge in [0.1, 0.15) is 0 Å². The van der Waals surface area contributed by atoms with Crippen molar-refractivity contribution in [3.8, 4) is 49.5 Å². The standard InChI is InChI=1S/C43H46BrNS5/c1-24(2)16-29-20-36(35-15-14-34(46-35)28-10-12-33(45-9)13-11-28)47-40(29)37-21-30(17-25(3)4)41(48-37)38-22-31(18-26(5)6)42(49-38)39-23-32(19-27(7)8)43(44)50-39/h10-15,20-27H,16-19H2,1-8H3. The lowest BCUT2D eigenvalue weighted by Gasteiger charge is -2.05. The molecule has 0 N–H and O–H groups in total. The van der Waals surface area contributed by atoms with Crippen LogP contribution in [-0.2, 0) is 25.7 Å². The van der Waals surface area contributed by atoms with Gasteiger partial charge in [-0.15, -0.1) is 56.7 Å². The van der Waals surface area contributed by atoms with Gasteiger partial charge in [-0.05, 0) is 130 Å². The summed E-state index contributed by atoms with van der Waals surface area (Å²) in [5.41, 5.74) is 7.74. The molecule has 0 atom stereocenters. The topological polar surface area (TPSA) is 4.36 Å². The van der Waals surface area contributed by atoms with E-state index in [1.165, 1.54) is 75.5 Å². The summed E-state index contributed by atoms with van der Waals surface area (Å²) in [7, 11) is 0. The highest BCUT2D eigenvalue weighted by Crippen LogP contribution is 2.51. The molecule has 7 heteroatoms. The molecule has 0 saturated carbocycles. The molecule has 0 aliphatic rings. The van der Waals surface area contributed by atoms with Crippen LogP contribution in [0.3, 0.4) is 0 Å². The van der Waals surface area contributed by atoms with Crippen LogP contribution in [-0.4, -0.2) is 0 Å². The number of thiophene rings is 5. The van der Waals surface area contributed by atoms with E-state index in [-0.39, 0.29) is 0 Å². The molecule has 0 bridgehead atoms. The van der Waals surface area contributed by atoms with Crippen molar-refractivity contribution in [2.45, 2.75) is 81.1 Å². The van der Waals surface area contributed by atoms with E-state index in [4.69, 9.17) is 6.57 Å². The maximum Gasteiger partial charge on any atom is 0.187 e. The van der Waals surface area contributed by atoms with Crippen LogP contribution in [0.4, 0.5) is 5.69 Å². The van der Waals surface area contributed by atoms with E-state index in [1.54, 1.807) is 0 Å². The molecule has 0 aliphatic carbocycles. The van der Waals surface area contributed by atoms with Crippen molar-refractivity contribution in [3.63, 3.8) is 0 Å². The minimum Gasteiger partial charge on any atom is -0.238 e. The second kappa shape index (κ2) is 16.1. The zero-order chi connectivity index (χ0) is 35.7. The van der Waals surface area contributed by atoms with Gasteiger partial charge in [0.15, 0.2) is 5.69 Å². The van der Waals surface area contributed by atoms with Crippen LogP contribution in [0.25, 0.3) is 54.3 Å². The Bertz CT molecular complexity index is 2100. The van der Waals surface area contributed by atoms with Gasteiger partial charge in [-0.3, -0.25) is 0 Å². The lowest BCUT2D eigenvalue weighted by Crippen LogP contribution is -1.94. The fraction of sp³-hybridized carbons (Fsp3) is 0.372. The molecule has 0 amide bonds. The first-order chi connectivity index (χ1) is 23.9. The fourth-order valence-corrected chi connectivity index (χ4v) is 13.2. The van der Waals surface area contributed by atoms with Gasteiger partial charge in [-0.25, -0.2) is 4.85 Å². The van der Waals surface area contributed by atoms with E-state index in [9.17, 15) is 0 Å². The third-order valence-corrected chi connectivity index (χ3v) is 15.9. The summed E-state index contributed by atoms with van der Waals surface area (Å²) in [6.45, 7) is 26.0. The SMILES string of the molecule is [C-]#[N+]c1ccc(-c2ccc(-c3cc(CC(C)C)c(-c4cc(CC(C)C)c(-c5cc(CC(C)C)c(-c6cc(CC(C)C)c(Br)s6)s5)s4)s3)s2)cc1. The van der Waals surface area contributed by atoms with E-state index >= 15 is 0 Å². The molecule has 0 radical (unpaired) electrons. The number of rotatable bonds is 13. The van der Waals surface area contributed by atoms with Crippen molar-refractivity contribution in [1.82, 2.24) is 0 Å². The minimum absolute atomic E-state index is 0.579. The third kappa shape index (κ3) is 8.65. The van der Waals surface area contributed by atoms with E-state index < -0.39 is 0 Å². The van der Waals surface area contributed by atoms with Crippen molar-refractivity contribution in [2.24, 2.45) is 23.7 Å². The summed E-state index contributed by atoms with van der Waals surface area (Å²) < 4.78 is 1.28. The van der Waals surface area contributed by atoms with Crippen LogP contribution in [0.5, 0.6) is 0 Å². The lowest BCUT2D eigenvalue weighted by atomic mass is 9.99. The van der Waals surface area contributed by atoms with E-state index in [2.05, 4.69) is 125 Å². The number of hydrogen-bond acceptors (Lipinski definition) is 5. The second-order valence-electron chi connectivity index (χ2n) is 15.0. The Labute approximate surface area is 328 Å². The summed E-state index contributed by atoms with van der Waals surface area (Å²) >= 11 is 13.7. The summed E-state index contributed by atoms with van der Waals surface area (Å²) in [5.74, 6) is 2.40. The maximum atomic E-state index is 7.30. The van der Waals surface area contributed by atoms with Gasteiger partial charge in [0.25, 0.3) is 0 Å². The molecule has 6 rings (SSSR count). The molecule has 0 aliphatic heterocycles. The Morgan fingerprint density at radius 2 is 0.880 bits per heavy atom. The highest BCUT2D eigenvalue weighted by atomic mass is 79.9. The Balaban J connectivity index is 1.42. The molecule has 5 aromatic heterocycles. The van der Waals surface area contributed by atoms with Gasteiger partial charge in [-0.1, -0.05) is 79.7 Å². The van der Waals surface area contributed by atoms with Crippen LogP contribution < -0.4 is 0 Å². The van der Waals surface area contributed by atoms with Crippen molar-refractivity contribution in [1.29, 1.82) is 0 Å². The van der Waals surface area contributed by atoms with E-state index in [0.717, 1.165) is 25.7 Å². The maximum absolute atomic E-state index is 7.30. The molecule has 1 aromatic carbocycles. The van der Waals surface area contributed by atoms with Crippen LogP contribution in [0.1, 0.15) is 77.6 Å². The Kier molecular flexibility index (Phi) is 12.1. The van der Waals surface area contributed by atoms with E-state index in [1.807, 2.05) is 68.8 Å². The van der Waals surface area contributed by atoms with Crippen molar-refractivity contribution >= 4 is 78.3 Å². The summed E-state index contributed by atoms with van der Waals surface area (Å²) in [6.07, 6.45) is 4.35. The van der Waals surface area contributed by atoms with E-state index in [0.29, 0.717) is 29.4 Å². The molecule has 0 saturated heterocycles. The van der Waals surface area contributed by atoms with Gasteiger partial charge < -0.3 is 0 Å². The largest absolute Gasteiger partial charge is 0.238 e. The molecule has 6 aromatic rings. The van der Waals surface area contributed by atoms with Crippen molar-refractivity contribution in [3.05, 3.63) is 98.1 Å². The van der Waals surface area contributed by atoms with Crippen molar-refractivity contribution < 1.29 is 0 Å². The number of halogens is 1. The smallest absolute Gasteiger partial charge is 0.187 e. The molecule has 0 spiro atoms. The summed E-state index contributed by atoms with van der Waals surface area (Å²) in [4.78, 5) is 16.1. The number of hydrogen-bond donors (Lipinski definition) is 0. The van der Waals surface area contributed by atoms with Crippen LogP contribution >= 0.6 is 72.6 Å². The van der Waals surface area contributed by atoms with Gasteiger partial charge >= 0.3 is 0 Å². The molecule has 5 heterocycles. The fourth-order valence-electron chi connectivity index (χ4n) is 6.45. The predicted molar refractivity (Wildman–Crippen MR) is 231 cm³/mol. The monoisotopic (exact) mass is 815 g/mol. The first-order valence-electron chi connectivity index (χ1n) is 17.6. The molecule has 50 heavy (non-hydrogen) atoms. The summed E-state index contributed by atoms with van der Waals surface area (Å²) in [6, 6.07) is 22.5. The molecular weight excluding hydrogens is 771 g/mol. The van der Waals surface area contributed by atoms with Gasteiger partial charge in [0.2, 0.25) is 0 Å². The Hall–Kier alpha value is -2.31. The van der Waals surface area contributed by atoms with Crippen molar-refractivity contribution in [2.75, 3.05) is 0 Å². The average Bonchev–Trinajstić information content (AvgIpc) is 3.88. The van der Waals surface area contributed by atoms with Gasteiger partial charge in [0.05, 0.1) is 10.4 Å². The molecule has 260 valence electrons.